The lowest BCUT2D eigenvalue weighted by atomic mass is 10.2. The third-order valence-electron chi connectivity index (χ3n) is 1.73. The molecule has 0 radical (unpaired) electrons. The molecule has 0 atom stereocenters. The van der Waals surface area contributed by atoms with E-state index in [9.17, 15) is 4.79 Å². The SMILES string of the molecule is CC(C)(C)OC(=O)N/N=C1/CCCOC1. The minimum atomic E-state index is -0.527. The van der Waals surface area contributed by atoms with Crippen molar-refractivity contribution in [2.75, 3.05) is 13.2 Å². The van der Waals surface area contributed by atoms with Gasteiger partial charge in [-0.05, 0) is 33.6 Å². The second-order valence-corrected chi connectivity index (χ2v) is 4.45. The van der Waals surface area contributed by atoms with Gasteiger partial charge >= 0.3 is 6.09 Å². The predicted octanol–water partition coefficient (Wildman–Crippen LogP) is 1.68. The molecule has 0 aromatic heterocycles. The first kappa shape index (κ1) is 12.0. The van der Waals surface area contributed by atoms with Crippen LogP contribution in [0.5, 0.6) is 0 Å². The van der Waals surface area contributed by atoms with Gasteiger partial charge in [0.05, 0.1) is 12.3 Å². The summed E-state index contributed by atoms with van der Waals surface area (Å²) in [6, 6.07) is 0. The number of carbonyl (C=O) groups is 1. The number of nitrogens with zero attached hydrogens (tertiary/aromatic N) is 1. The van der Waals surface area contributed by atoms with Crippen LogP contribution in [0.3, 0.4) is 0 Å². The Morgan fingerprint density at radius 2 is 2.27 bits per heavy atom. The maximum absolute atomic E-state index is 11.2. The molecule has 0 saturated carbocycles. The highest BCUT2D eigenvalue weighted by Crippen LogP contribution is 2.06. The first-order chi connectivity index (χ1) is 6.97. The minimum absolute atomic E-state index is 0.493. The smallest absolute Gasteiger partial charge is 0.428 e. The summed E-state index contributed by atoms with van der Waals surface area (Å²) in [5.74, 6) is 0. The number of ether oxygens (including phenoxy) is 2. The quantitative estimate of drug-likeness (QED) is 0.675. The van der Waals surface area contributed by atoms with E-state index in [4.69, 9.17) is 9.47 Å². The van der Waals surface area contributed by atoms with Gasteiger partial charge in [-0.2, -0.15) is 5.10 Å². The van der Waals surface area contributed by atoms with Crippen LogP contribution >= 0.6 is 0 Å². The number of hydrogen-bond donors (Lipinski definition) is 1. The van der Waals surface area contributed by atoms with E-state index < -0.39 is 11.7 Å². The van der Waals surface area contributed by atoms with E-state index in [0.717, 1.165) is 25.2 Å². The van der Waals surface area contributed by atoms with Crippen LogP contribution in [-0.2, 0) is 9.47 Å². The molecule has 5 heteroatoms. The van der Waals surface area contributed by atoms with Gasteiger partial charge in [0.2, 0.25) is 0 Å². The highest BCUT2D eigenvalue weighted by Gasteiger charge is 2.16. The van der Waals surface area contributed by atoms with Crippen LogP contribution in [0.2, 0.25) is 0 Å². The Balaban J connectivity index is 2.32. The third kappa shape index (κ3) is 5.37. The first-order valence-corrected chi connectivity index (χ1v) is 5.09. The second kappa shape index (κ2) is 5.11. The molecule has 1 saturated heterocycles. The fourth-order valence-corrected chi connectivity index (χ4v) is 1.15. The molecule has 1 aliphatic rings. The Morgan fingerprint density at radius 1 is 1.53 bits per heavy atom. The van der Waals surface area contributed by atoms with E-state index in [2.05, 4.69) is 10.5 Å². The molecule has 0 aromatic carbocycles. The summed E-state index contributed by atoms with van der Waals surface area (Å²) in [5, 5.41) is 3.93. The summed E-state index contributed by atoms with van der Waals surface area (Å²) in [6.07, 6.45) is 1.30. The van der Waals surface area contributed by atoms with Gasteiger partial charge in [0.15, 0.2) is 0 Å². The van der Waals surface area contributed by atoms with Crippen LogP contribution in [-0.4, -0.2) is 30.6 Å². The van der Waals surface area contributed by atoms with Crippen LogP contribution in [0.1, 0.15) is 33.6 Å². The molecule has 0 aromatic rings. The zero-order chi connectivity index (χ0) is 11.3. The zero-order valence-electron chi connectivity index (χ0n) is 9.50. The maximum Gasteiger partial charge on any atom is 0.428 e. The fraction of sp³-hybridized carbons (Fsp3) is 0.800. The Morgan fingerprint density at radius 3 is 2.80 bits per heavy atom. The highest BCUT2D eigenvalue weighted by molar-refractivity contribution is 5.87. The van der Waals surface area contributed by atoms with Crippen molar-refractivity contribution < 1.29 is 14.3 Å². The van der Waals surface area contributed by atoms with Crippen molar-refractivity contribution in [2.24, 2.45) is 5.10 Å². The van der Waals surface area contributed by atoms with E-state index >= 15 is 0 Å². The molecule has 1 rings (SSSR count). The molecule has 5 nitrogen and oxygen atoms in total. The Hall–Kier alpha value is -1.10. The molecule has 0 bridgehead atoms. The topological polar surface area (TPSA) is 59.9 Å². The maximum atomic E-state index is 11.2. The number of amides is 1. The van der Waals surface area contributed by atoms with Gasteiger partial charge in [0.1, 0.15) is 5.60 Å². The molecule has 86 valence electrons. The van der Waals surface area contributed by atoms with E-state index in [0.29, 0.717) is 6.61 Å². The van der Waals surface area contributed by atoms with E-state index in [1.165, 1.54) is 0 Å². The van der Waals surface area contributed by atoms with E-state index in [1.54, 1.807) is 0 Å². The van der Waals surface area contributed by atoms with Gasteiger partial charge in [-0.15, -0.1) is 0 Å². The van der Waals surface area contributed by atoms with Crippen LogP contribution in [0, 0.1) is 0 Å². The van der Waals surface area contributed by atoms with E-state index in [1.807, 2.05) is 20.8 Å². The van der Waals surface area contributed by atoms with E-state index in [-0.39, 0.29) is 0 Å². The van der Waals surface area contributed by atoms with Crippen molar-refractivity contribution in [3.05, 3.63) is 0 Å². The number of rotatable bonds is 1. The first-order valence-electron chi connectivity index (χ1n) is 5.09. The van der Waals surface area contributed by atoms with Crippen LogP contribution in [0.15, 0.2) is 5.10 Å². The largest absolute Gasteiger partial charge is 0.443 e. The summed E-state index contributed by atoms with van der Waals surface area (Å²) in [7, 11) is 0. The number of hydrazone groups is 1. The van der Waals surface area contributed by atoms with Crippen molar-refractivity contribution in [1.29, 1.82) is 0 Å². The zero-order valence-corrected chi connectivity index (χ0v) is 9.50. The molecule has 0 aliphatic carbocycles. The van der Waals surface area contributed by atoms with Gasteiger partial charge in [-0.3, -0.25) is 0 Å². The van der Waals surface area contributed by atoms with Crippen molar-refractivity contribution in [3.8, 4) is 0 Å². The average molecular weight is 214 g/mol. The third-order valence-corrected chi connectivity index (χ3v) is 1.73. The molecule has 0 spiro atoms. The van der Waals surface area contributed by atoms with Crippen molar-refractivity contribution in [3.63, 3.8) is 0 Å². The molecule has 1 N–H and O–H groups in total. The average Bonchev–Trinajstić information content (AvgIpc) is 2.14. The summed E-state index contributed by atoms with van der Waals surface area (Å²) < 4.78 is 10.2. The van der Waals surface area contributed by atoms with Crippen molar-refractivity contribution >= 4 is 11.8 Å². The number of carbonyl (C=O) groups excluding carboxylic acids is 1. The molecule has 0 unspecified atom stereocenters. The standard InChI is InChI=1S/C10H18N2O3/c1-10(2,3)15-9(13)12-11-8-5-4-6-14-7-8/h4-7H2,1-3H3,(H,12,13)/b11-8-. The van der Waals surface area contributed by atoms with Crippen molar-refractivity contribution in [2.45, 2.75) is 39.2 Å². The molecule has 1 heterocycles. The molecule has 15 heavy (non-hydrogen) atoms. The lowest BCUT2D eigenvalue weighted by molar-refractivity contribution is 0.0528. The summed E-state index contributed by atoms with van der Waals surface area (Å²) in [4.78, 5) is 11.2. The lowest BCUT2D eigenvalue weighted by Gasteiger charge is -2.19. The monoisotopic (exact) mass is 214 g/mol. The van der Waals surface area contributed by atoms with Gasteiger partial charge < -0.3 is 9.47 Å². The predicted molar refractivity (Wildman–Crippen MR) is 56.9 cm³/mol. The number of nitrogens with one attached hydrogen (secondary N) is 1. The number of hydrogen-bond acceptors (Lipinski definition) is 4. The Kier molecular flexibility index (Phi) is 4.08. The summed E-state index contributed by atoms with van der Waals surface area (Å²) in [5.41, 5.74) is 2.72. The van der Waals surface area contributed by atoms with Crippen LogP contribution < -0.4 is 5.43 Å². The minimum Gasteiger partial charge on any atom is -0.443 e. The van der Waals surface area contributed by atoms with Gasteiger partial charge in [0, 0.05) is 6.61 Å². The molecular weight excluding hydrogens is 196 g/mol. The molecule has 1 aliphatic heterocycles. The molecule has 1 amide bonds. The van der Waals surface area contributed by atoms with Gasteiger partial charge in [0.25, 0.3) is 0 Å². The van der Waals surface area contributed by atoms with Crippen LogP contribution in [0.4, 0.5) is 4.79 Å². The normalized spacial score (nSPS) is 20.1. The molecular formula is C10H18N2O3. The van der Waals surface area contributed by atoms with Gasteiger partial charge in [-0.25, -0.2) is 10.2 Å². The second-order valence-electron chi connectivity index (χ2n) is 4.45. The summed E-state index contributed by atoms with van der Waals surface area (Å²) in [6.45, 7) is 6.69. The van der Waals surface area contributed by atoms with Crippen molar-refractivity contribution in [1.82, 2.24) is 5.43 Å². The fourth-order valence-electron chi connectivity index (χ4n) is 1.15. The van der Waals surface area contributed by atoms with Crippen LogP contribution in [0.25, 0.3) is 0 Å². The Bertz CT molecular complexity index is 248. The summed E-state index contributed by atoms with van der Waals surface area (Å²) >= 11 is 0. The highest BCUT2D eigenvalue weighted by atomic mass is 16.6. The van der Waals surface area contributed by atoms with Gasteiger partial charge in [-0.1, -0.05) is 0 Å². The lowest BCUT2D eigenvalue weighted by Crippen LogP contribution is -2.31. The Labute approximate surface area is 89.8 Å². The molecule has 1 fully saturated rings.